The van der Waals surface area contributed by atoms with Crippen molar-refractivity contribution < 1.29 is 14.3 Å². The van der Waals surface area contributed by atoms with Gasteiger partial charge in [0.15, 0.2) is 6.10 Å². The second-order valence-corrected chi connectivity index (χ2v) is 8.69. The number of rotatable bonds is 5. The third kappa shape index (κ3) is 4.78. The third-order valence-corrected chi connectivity index (χ3v) is 6.16. The number of carbonyl (C=O) groups excluding carboxylic acids is 2. The van der Waals surface area contributed by atoms with Gasteiger partial charge in [-0.15, -0.1) is 0 Å². The average Bonchev–Trinajstić information content (AvgIpc) is 2.74. The van der Waals surface area contributed by atoms with Gasteiger partial charge in [-0.2, -0.15) is 0 Å². The summed E-state index contributed by atoms with van der Waals surface area (Å²) in [6.07, 6.45) is 5.97. The summed E-state index contributed by atoms with van der Waals surface area (Å²) in [5.74, 6) is 1.04. The second kappa shape index (κ2) is 9.09. The molecule has 5 nitrogen and oxygen atoms in total. The minimum atomic E-state index is -0.559. The second-order valence-electron chi connectivity index (χ2n) is 8.25. The molecule has 2 aromatic carbocycles. The van der Waals surface area contributed by atoms with Crippen LogP contribution in [0.3, 0.4) is 0 Å². The third-order valence-electron chi connectivity index (χ3n) is 5.90. The van der Waals surface area contributed by atoms with Gasteiger partial charge in [-0.05, 0) is 61.6 Å². The molecular formula is C24H27ClN2O3. The molecule has 30 heavy (non-hydrogen) atoms. The molecule has 6 heteroatoms. The van der Waals surface area contributed by atoms with Crippen molar-refractivity contribution in [3.05, 3.63) is 53.1 Å². The number of anilines is 2. The van der Waals surface area contributed by atoms with Gasteiger partial charge in [0.05, 0.1) is 12.2 Å². The number of benzene rings is 2. The number of nitrogens with one attached hydrogen (secondary N) is 1. The normalized spacial score (nSPS) is 19.2. The molecule has 1 fully saturated rings. The summed E-state index contributed by atoms with van der Waals surface area (Å²) in [4.78, 5) is 27.1. The summed E-state index contributed by atoms with van der Waals surface area (Å²) >= 11 is 5.99. The molecule has 2 aliphatic rings. The van der Waals surface area contributed by atoms with Crippen LogP contribution in [0.25, 0.3) is 0 Å². The molecule has 0 bridgehead atoms. The van der Waals surface area contributed by atoms with Crippen LogP contribution in [0.4, 0.5) is 11.4 Å². The lowest BCUT2D eigenvalue weighted by molar-refractivity contribution is -0.125. The van der Waals surface area contributed by atoms with E-state index in [0.29, 0.717) is 41.0 Å². The Bertz CT molecular complexity index is 923. The number of carbonyl (C=O) groups is 2. The molecule has 1 saturated carbocycles. The Labute approximate surface area is 182 Å². The standard InChI is InChI=1S/C24H27ClN2O3/c1-16-24(29)27(15-18-7-9-19(25)10-8-18)21-14-20(11-12-22(21)30-16)26-23(28)13-17-5-3-2-4-6-17/h7-12,14,16-17H,2-6,13,15H2,1H3,(H,26,28). The maximum absolute atomic E-state index is 12.8. The van der Waals surface area contributed by atoms with Crippen molar-refractivity contribution in [2.75, 3.05) is 10.2 Å². The van der Waals surface area contributed by atoms with Crippen LogP contribution in [-0.2, 0) is 16.1 Å². The summed E-state index contributed by atoms with van der Waals surface area (Å²) in [6.45, 7) is 2.16. The fourth-order valence-electron chi connectivity index (χ4n) is 4.29. The van der Waals surface area contributed by atoms with E-state index in [1.807, 2.05) is 42.5 Å². The zero-order chi connectivity index (χ0) is 21.1. The van der Waals surface area contributed by atoms with Gasteiger partial charge in [0.2, 0.25) is 5.91 Å². The summed E-state index contributed by atoms with van der Waals surface area (Å²) in [5.41, 5.74) is 2.32. The maximum atomic E-state index is 12.8. The van der Waals surface area contributed by atoms with Gasteiger partial charge < -0.3 is 15.0 Å². The van der Waals surface area contributed by atoms with Crippen LogP contribution in [0, 0.1) is 5.92 Å². The SMILES string of the molecule is CC1Oc2ccc(NC(=O)CC3CCCCC3)cc2N(Cc2ccc(Cl)cc2)C1=O. The molecule has 2 amide bonds. The number of nitrogens with zero attached hydrogens (tertiary/aromatic N) is 1. The lowest BCUT2D eigenvalue weighted by Crippen LogP contribution is -2.44. The van der Waals surface area contributed by atoms with E-state index < -0.39 is 6.10 Å². The van der Waals surface area contributed by atoms with Crippen molar-refractivity contribution in [3.63, 3.8) is 0 Å². The number of amides is 2. The monoisotopic (exact) mass is 426 g/mol. The Morgan fingerprint density at radius 3 is 2.60 bits per heavy atom. The summed E-state index contributed by atoms with van der Waals surface area (Å²) in [5, 5.41) is 3.66. The van der Waals surface area contributed by atoms with E-state index in [4.69, 9.17) is 16.3 Å². The van der Waals surface area contributed by atoms with E-state index in [9.17, 15) is 9.59 Å². The van der Waals surface area contributed by atoms with Crippen LogP contribution in [-0.4, -0.2) is 17.9 Å². The van der Waals surface area contributed by atoms with Crippen LogP contribution >= 0.6 is 11.6 Å². The Morgan fingerprint density at radius 1 is 1.13 bits per heavy atom. The van der Waals surface area contributed by atoms with E-state index in [2.05, 4.69) is 5.32 Å². The minimum Gasteiger partial charge on any atom is -0.479 e. The van der Waals surface area contributed by atoms with Crippen LogP contribution in [0.5, 0.6) is 5.75 Å². The summed E-state index contributed by atoms with van der Waals surface area (Å²) in [7, 11) is 0. The first-order valence-electron chi connectivity index (χ1n) is 10.7. The van der Waals surface area contributed by atoms with Crippen molar-refractivity contribution in [1.29, 1.82) is 0 Å². The van der Waals surface area contributed by atoms with Gasteiger partial charge in [-0.25, -0.2) is 0 Å². The number of hydrogen-bond acceptors (Lipinski definition) is 3. The van der Waals surface area contributed by atoms with E-state index in [1.54, 1.807) is 11.8 Å². The van der Waals surface area contributed by atoms with Gasteiger partial charge in [0.25, 0.3) is 5.91 Å². The van der Waals surface area contributed by atoms with E-state index >= 15 is 0 Å². The van der Waals surface area contributed by atoms with Crippen molar-refractivity contribution >= 4 is 34.8 Å². The molecule has 2 aromatic rings. The summed E-state index contributed by atoms with van der Waals surface area (Å²) in [6, 6.07) is 12.9. The largest absolute Gasteiger partial charge is 0.479 e. The highest BCUT2D eigenvalue weighted by Gasteiger charge is 2.32. The number of ether oxygens (including phenoxy) is 1. The maximum Gasteiger partial charge on any atom is 0.268 e. The fraction of sp³-hybridized carbons (Fsp3) is 0.417. The van der Waals surface area contributed by atoms with Gasteiger partial charge in [0.1, 0.15) is 5.75 Å². The molecular weight excluding hydrogens is 400 g/mol. The zero-order valence-electron chi connectivity index (χ0n) is 17.2. The Kier molecular flexibility index (Phi) is 6.28. The highest BCUT2D eigenvalue weighted by Crippen LogP contribution is 2.37. The molecule has 0 saturated heterocycles. The molecule has 4 rings (SSSR count). The highest BCUT2D eigenvalue weighted by molar-refractivity contribution is 6.30. The van der Waals surface area contributed by atoms with Gasteiger partial charge in [0, 0.05) is 17.1 Å². The van der Waals surface area contributed by atoms with Crippen molar-refractivity contribution in [2.45, 2.75) is 58.1 Å². The van der Waals surface area contributed by atoms with Gasteiger partial charge in [-0.1, -0.05) is 43.0 Å². The topological polar surface area (TPSA) is 58.6 Å². The smallest absolute Gasteiger partial charge is 0.268 e. The number of fused-ring (bicyclic) bond motifs is 1. The quantitative estimate of drug-likeness (QED) is 0.680. The van der Waals surface area contributed by atoms with E-state index in [0.717, 1.165) is 18.4 Å². The highest BCUT2D eigenvalue weighted by atomic mass is 35.5. The Balaban J connectivity index is 1.52. The minimum absolute atomic E-state index is 0.0301. The molecule has 1 N–H and O–H groups in total. The summed E-state index contributed by atoms with van der Waals surface area (Å²) < 4.78 is 5.79. The Hall–Kier alpha value is -2.53. The molecule has 0 aromatic heterocycles. The molecule has 0 radical (unpaired) electrons. The van der Waals surface area contributed by atoms with Crippen LogP contribution in [0.15, 0.2) is 42.5 Å². The van der Waals surface area contributed by atoms with E-state index in [-0.39, 0.29) is 11.8 Å². The van der Waals surface area contributed by atoms with Crippen LogP contribution in [0.2, 0.25) is 5.02 Å². The van der Waals surface area contributed by atoms with Crippen LogP contribution in [0.1, 0.15) is 51.0 Å². The molecule has 1 aliphatic carbocycles. The fourth-order valence-corrected chi connectivity index (χ4v) is 4.41. The first-order chi connectivity index (χ1) is 14.5. The lowest BCUT2D eigenvalue weighted by atomic mass is 9.87. The molecule has 1 aliphatic heterocycles. The van der Waals surface area contributed by atoms with E-state index in [1.165, 1.54) is 19.3 Å². The molecule has 0 spiro atoms. The molecule has 1 heterocycles. The first kappa shape index (κ1) is 20.7. The van der Waals surface area contributed by atoms with Crippen LogP contribution < -0.4 is 15.0 Å². The van der Waals surface area contributed by atoms with Gasteiger partial charge >= 0.3 is 0 Å². The van der Waals surface area contributed by atoms with Gasteiger partial charge in [-0.3, -0.25) is 9.59 Å². The number of hydrogen-bond donors (Lipinski definition) is 1. The van der Waals surface area contributed by atoms with Crippen molar-refractivity contribution in [2.24, 2.45) is 5.92 Å². The lowest BCUT2D eigenvalue weighted by Gasteiger charge is -2.33. The molecule has 1 atom stereocenters. The number of halogens is 1. The first-order valence-corrected chi connectivity index (χ1v) is 11.0. The predicted molar refractivity (Wildman–Crippen MR) is 119 cm³/mol. The van der Waals surface area contributed by atoms with Crippen molar-refractivity contribution in [3.8, 4) is 5.75 Å². The zero-order valence-corrected chi connectivity index (χ0v) is 18.0. The average molecular weight is 427 g/mol. The van der Waals surface area contributed by atoms with Crippen molar-refractivity contribution in [1.82, 2.24) is 0 Å². The molecule has 1 unspecified atom stereocenters. The Morgan fingerprint density at radius 2 is 1.87 bits per heavy atom. The predicted octanol–water partition coefficient (Wildman–Crippen LogP) is 5.56. The molecule has 158 valence electrons.